The normalized spacial score (nSPS) is 36.0. The summed E-state index contributed by atoms with van der Waals surface area (Å²) in [6, 6.07) is 0.530. The molecule has 1 saturated heterocycles. The first-order chi connectivity index (χ1) is 9.10. The molecule has 19 heavy (non-hydrogen) atoms. The molecule has 2 rings (SSSR count). The third-order valence-corrected chi connectivity index (χ3v) is 4.62. The molecule has 0 spiro atoms. The molecule has 0 bridgehead atoms. The number of nitrogens with one attached hydrogen (secondary N) is 1. The van der Waals surface area contributed by atoms with Gasteiger partial charge in [0.15, 0.2) is 0 Å². The van der Waals surface area contributed by atoms with E-state index in [0.717, 1.165) is 25.7 Å². The lowest BCUT2D eigenvalue weighted by atomic mass is 9.79. The highest BCUT2D eigenvalue weighted by Gasteiger charge is 2.36. The molecule has 1 N–H and O–H groups in total. The first-order valence-corrected chi connectivity index (χ1v) is 8.09. The van der Waals surface area contributed by atoms with Crippen molar-refractivity contribution in [1.82, 2.24) is 5.32 Å². The van der Waals surface area contributed by atoms with E-state index < -0.39 is 0 Å². The Kier molecular flexibility index (Phi) is 5.67. The summed E-state index contributed by atoms with van der Waals surface area (Å²) in [6.07, 6.45) is 7.69. The molecular formula is C16H31NO2. The maximum Gasteiger partial charge on any atom is 0.0809 e. The molecule has 1 aliphatic carbocycles. The Bertz CT molecular complexity index is 253. The average Bonchev–Trinajstić information content (AvgIpc) is 2.90. The second-order valence-electron chi connectivity index (χ2n) is 6.85. The van der Waals surface area contributed by atoms with Crippen molar-refractivity contribution in [1.29, 1.82) is 0 Å². The molecule has 0 aromatic rings. The van der Waals surface area contributed by atoms with Gasteiger partial charge in [0, 0.05) is 19.2 Å². The SMILES string of the molecule is CC1CCC(CNC(C)C)(OCC2CCCO2)CC1. The largest absolute Gasteiger partial charge is 0.376 e. The minimum atomic E-state index is 0.0583. The molecule has 0 aromatic heterocycles. The van der Waals surface area contributed by atoms with E-state index >= 15 is 0 Å². The van der Waals surface area contributed by atoms with Gasteiger partial charge in [-0.2, -0.15) is 0 Å². The van der Waals surface area contributed by atoms with Gasteiger partial charge in [-0.15, -0.1) is 0 Å². The van der Waals surface area contributed by atoms with Gasteiger partial charge < -0.3 is 14.8 Å². The summed E-state index contributed by atoms with van der Waals surface area (Å²) in [7, 11) is 0. The van der Waals surface area contributed by atoms with Crippen LogP contribution in [0.3, 0.4) is 0 Å². The van der Waals surface area contributed by atoms with E-state index in [0.29, 0.717) is 12.1 Å². The highest BCUT2D eigenvalue weighted by Crippen LogP contribution is 2.35. The number of hydrogen-bond donors (Lipinski definition) is 1. The van der Waals surface area contributed by atoms with Gasteiger partial charge in [0.25, 0.3) is 0 Å². The maximum atomic E-state index is 6.37. The van der Waals surface area contributed by atoms with Crippen molar-refractivity contribution in [2.75, 3.05) is 19.8 Å². The Morgan fingerprint density at radius 3 is 2.58 bits per heavy atom. The monoisotopic (exact) mass is 269 g/mol. The highest BCUT2D eigenvalue weighted by molar-refractivity contribution is 4.89. The summed E-state index contributed by atoms with van der Waals surface area (Å²) >= 11 is 0. The van der Waals surface area contributed by atoms with Crippen LogP contribution in [-0.4, -0.2) is 37.5 Å². The van der Waals surface area contributed by atoms with Crippen LogP contribution in [0.4, 0.5) is 0 Å². The van der Waals surface area contributed by atoms with Gasteiger partial charge in [0.2, 0.25) is 0 Å². The van der Waals surface area contributed by atoms with Crippen molar-refractivity contribution < 1.29 is 9.47 Å². The zero-order valence-electron chi connectivity index (χ0n) is 12.9. The molecule has 1 atom stereocenters. The van der Waals surface area contributed by atoms with Gasteiger partial charge in [0.1, 0.15) is 0 Å². The van der Waals surface area contributed by atoms with Crippen molar-refractivity contribution in [3.8, 4) is 0 Å². The second kappa shape index (κ2) is 7.05. The van der Waals surface area contributed by atoms with Gasteiger partial charge in [-0.05, 0) is 44.4 Å². The molecule has 1 saturated carbocycles. The van der Waals surface area contributed by atoms with Gasteiger partial charge in [0.05, 0.1) is 18.3 Å². The topological polar surface area (TPSA) is 30.5 Å². The van der Waals surface area contributed by atoms with Crippen LogP contribution < -0.4 is 5.32 Å². The van der Waals surface area contributed by atoms with Crippen LogP contribution >= 0.6 is 0 Å². The van der Waals surface area contributed by atoms with Gasteiger partial charge in [-0.3, -0.25) is 0 Å². The first kappa shape index (κ1) is 15.3. The van der Waals surface area contributed by atoms with Crippen molar-refractivity contribution in [3.05, 3.63) is 0 Å². The molecule has 0 aromatic carbocycles. The van der Waals surface area contributed by atoms with Crippen LogP contribution in [0.25, 0.3) is 0 Å². The summed E-state index contributed by atoms with van der Waals surface area (Å²) in [6.45, 7) is 9.47. The number of hydrogen-bond acceptors (Lipinski definition) is 3. The lowest BCUT2D eigenvalue weighted by molar-refractivity contribution is -0.106. The van der Waals surface area contributed by atoms with Crippen LogP contribution in [0, 0.1) is 5.92 Å². The summed E-state index contributed by atoms with van der Waals surface area (Å²) in [5, 5.41) is 3.58. The predicted molar refractivity (Wildman–Crippen MR) is 78.4 cm³/mol. The lowest BCUT2D eigenvalue weighted by Crippen LogP contribution is -2.48. The summed E-state index contributed by atoms with van der Waals surface area (Å²) in [5.74, 6) is 0.860. The number of ether oxygens (including phenoxy) is 2. The first-order valence-electron chi connectivity index (χ1n) is 8.09. The van der Waals surface area contributed by atoms with Gasteiger partial charge in [-0.25, -0.2) is 0 Å². The standard InChI is InChI=1S/C16H31NO2/c1-13(2)17-12-16(8-6-14(3)7-9-16)19-11-15-5-4-10-18-15/h13-15,17H,4-12H2,1-3H3. The zero-order valence-corrected chi connectivity index (χ0v) is 12.9. The second-order valence-corrected chi connectivity index (χ2v) is 6.85. The third kappa shape index (κ3) is 4.73. The van der Waals surface area contributed by atoms with Crippen molar-refractivity contribution in [2.24, 2.45) is 5.92 Å². The molecule has 2 aliphatic rings. The van der Waals surface area contributed by atoms with E-state index in [1.54, 1.807) is 0 Å². The summed E-state index contributed by atoms with van der Waals surface area (Å²) in [5.41, 5.74) is 0.0583. The molecular weight excluding hydrogens is 238 g/mol. The summed E-state index contributed by atoms with van der Waals surface area (Å²) in [4.78, 5) is 0. The molecule has 1 unspecified atom stereocenters. The predicted octanol–water partition coefficient (Wildman–Crippen LogP) is 3.13. The molecule has 0 amide bonds. The maximum absolute atomic E-state index is 6.37. The molecule has 0 radical (unpaired) electrons. The molecule has 1 aliphatic heterocycles. The minimum absolute atomic E-state index is 0.0583. The van der Waals surface area contributed by atoms with E-state index in [4.69, 9.17) is 9.47 Å². The van der Waals surface area contributed by atoms with E-state index in [9.17, 15) is 0 Å². The Morgan fingerprint density at radius 2 is 2.00 bits per heavy atom. The Labute approximate surface area is 118 Å². The molecule has 3 nitrogen and oxygen atoms in total. The molecule has 2 fully saturated rings. The van der Waals surface area contributed by atoms with Crippen LogP contribution in [-0.2, 0) is 9.47 Å². The Balaban J connectivity index is 1.85. The molecule has 112 valence electrons. The quantitative estimate of drug-likeness (QED) is 0.803. The van der Waals surface area contributed by atoms with Crippen LogP contribution in [0.2, 0.25) is 0 Å². The van der Waals surface area contributed by atoms with E-state index in [-0.39, 0.29) is 5.60 Å². The molecule has 1 heterocycles. The number of rotatable bonds is 6. The fourth-order valence-corrected chi connectivity index (χ4v) is 3.10. The lowest BCUT2D eigenvalue weighted by Gasteiger charge is -2.40. The minimum Gasteiger partial charge on any atom is -0.376 e. The van der Waals surface area contributed by atoms with Crippen LogP contribution in [0.5, 0.6) is 0 Å². The van der Waals surface area contributed by atoms with Gasteiger partial charge in [-0.1, -0.05) is 20.8 Å². The fourth-order valence-electron chi connectivity index (χ4n) is 3.10. The Hall–Kier alpha value is -0.120. The van der Waals surface area contributed by atoms with E-state index in [1.165, 1.54) is 38.5 Å². The van der Waals surface area contributed by atoms with Crippen molar-refractivity contribution in [3.63, 3.8) is 0 Å². The zero-order chi connectivity index (χ0) is 13.7. The highest BCUT2D eigenvalue weighted by atomic mass is 16.5. The Morgan fingerprint density at radius 1 is 1.26 bits per heavy atom. The van der Waals surface area contributed by atoms with E-state index in [1.807, 2.05) is 0 Å². The van der Waals surface area contributed by atoms with Crippen molar-refractivity contribution in [2.45, 2.75) is 77.0 Å². The smallest absolute Gasteiger partial charge is 0.0809 e. The average molecular weight is 269 g/mol. The summed E-state index contributed by atoms with van der Waals surface area (Å²) < 4.78 is 12.1. The van der Waals surface area contributed by atoms with Crippen LogP contribution in [0.15, 0.2) is 0 Å². The third-order valence-electron chi connectivity index (χ3n) is 4.62. The van der Waals surface area contributed by atoms with Crippen LogP contribution in [0.1, 0.15) is 59.3 Å². The van der Waals surface area contributed by atoms with E-state index in [2.05, 4.69) is 26.1 Å². The van der Waals surface area contributed by atoms with Gasteiger partial charge >= 0.3 is 0 Å². The fraction of sp³-hybridized carbons (Fsp3) is 1.00. The van der Waals surface area contributed by atoms with Crippen molar-refractivity contribution >= 4 is 0 Å². The molecule has 3 heteroatoms.